The van der Waals surface area contributed by atoms with Gasteiger partial charge in [0.25, 0.3) is 0 Å². The van der Waals surface area contributed by atoms with Gasteiger partial charge in [-0.2, -0.15) is 0 Å². The molecule has 2 rings (SSSR count). The molecule has 0 bridgehead atoms. The highest BCUT2D eigenvalue weighted by Crippen LogP contribution is 2.22. The van der Waals surface area contributed by atoms with Crippen LogP contribution in [-0.2, 0) is 11.2 Å². The average Bonchev–Trinajstić information content (AvgIpc) is 2.38. The van der Waals surface area contributed by atoms with Gasteiger partial charge >= 0.3 is 0 Å². The Hall–Kier alpha value is -1.43. The summed E-state index contributed by atoms with van der Waals surface area (Å²) < 4.78 is 0.834. The number of anilines is 1. The van der Waals surface area contributed by atoms with E-state index in [1.807, 2.05) is 18.2 Å². The zero-order valence-electron chi connectivity index (χ0n) is 10.9. The maximum absolute atomic E-state index is 12.1. The minimum absolute atomic E-state index is 0.159. The Morgan fingerprint density at radius 3 is 2.71 bits per heavy atom. The van der Waals surface area contributed by atoms with Crippen LogP contribution >= 0.6 is 39.7 Å². The second-order valence-electron chi connectivity index (χ2n) is 4.41. The number of rotatable bonds is 4. The molecule has 0 aliphatic carbocycles. The summed E-state index contributed by atoms with van der Waals surface area (Å²) in [5.41, 5.74) is 7.72. The van der Waals surface area contributed by atoms with Crippen molar-refractivity contribution in [2.75, 3.05) is 5.32 Å². The van der Waals surface area contributed by atoms with Gasteiger partial charge in [-0.05, 0) is 35.9 Å². The van der Waals surface area contributed by atoms with Crippen molar-refractivity contribution in [2.45, 2.75) is 6.42 Å². The van der Waals surface area contributed by atoms with E-state index in [1.54, 1.807) is 24.3 Å². The van der Waals surface area contributed by atoms with Crippen LogP contribution in [0.25, 0.3) is 0 Å². The first-order valence-electron chi connectivity index (χ1n) is 6.09. The second-order valence-corrected chi connectivity index (χ2v) is 6.20. The number of carbonyl (C=O) groups excluding carboxylic acids is 1. The SMILES string of the molecule is NC(=S)c1ccc(Br)cc1NC(=O)Cc1cccc(Cl)c1. The second kappa shape index (κ2) is 7.02. The van der Waals surface area contributed by atoms with Crippen LogP contribution < -0.4 is 11.1 Å². The van der Waals surface area contributed by atoms with Gasteiger partial charge in [0, 0.05) is 15.1 Å². The first-order valence-corrected chi connectivity index (χ1v) is 7.67. The molecule has 0 saturated carbocycles. The molecule has 108 valence electrons. The fourth-order valence-corrected chi connectivity index (χ4v) is 2.61. The molecule has 0 spiro atoms. The largest absolute Gasteiger partial charge is 0.389 e. The van der Waals surface area contributed by atoms with Crippen molar-refractivity contribution >= 4 is 56.3 Å². The van der Waals surface area contributed by atoms with E-state index in [9.17, 15) is 4.79 Å². The molecule has 0 aliphatic rings. The lowest BCUT2D eigenvalue weighted by molar-refractivity contribution is -0.115. The number of nitrogens with one attached hydrogen (secondary N) is 1. The Balaban J connectivity index is 2.16. The number of benzene rings is 2. The minimum Gasteiger partial charge on any atom is -0.389 e. The molecule has 3 N–H and O–H groups in total. The first-order chi connectivity index (χ1) is 9.95. The highest BCUT2D eigenvalue weighted by molar-refractivity contribution is 9.10. The van der Waals surface area contributed by atoms with Gasteiger partial charge in [0.15, 0.2) is 0 Å². The quantitative estimate of drug-likeness (QED) is 0.787. The number of hydrogen-bond donors (Lipinski definition) is 2. The summed E-state index contributed by atoms with van der Waals surface area (Å²) in [6.07, 6.45) is 0.226. The summed E-state index contributed by atoms with van der Waals surface area (Å²) in [5.74, 6) is -0.159. The molecule has 0 aromatic heterocycles. The Morgan fingerprint density at radius 1 is 1.29 bits per heavy atom. The van der Waals surface area contributed by atoms with Crippen molar-refractivity contribution in [1.29, 1.82) is 0 Å². The summed E-state index contributed by atoms with van der Waals surface area (Å²) in [6, 6.07) is 12.5. The fourth-order valence-electron chi connectivity index (χ4n) is 1.86. The lowest BCUT2D eigenvalue weighted by Crippen LogP contribution is -2.19. The van der Waals surface area contributed by atoms with Crippen LogP contribution in [0.2, 0.25) is 5.02 Å². The van der Waals surface area contributed by atoms with E-state index in [4.69, 9.17) is 29.6 Å². The van der Waals surface area contributed by atoms with Gasteiger partial charge in [-0.1, -0.05) is 51.9 Å². The molecule has 0 aliphatic heterocycles. The van der Waals surface area contributed by atoms with Gasteiger partial charge in [0.05, 0.1) is 12.1 Å². The standard InChI is InChI=1S/C15H12BrClN2OS/c16-10-4-5-12(15(18)21)13(8-10)19-14(20)7-9-2-1-3-11(17)6-9/h1-6,8H,7H2,(H2,18,21)(H,19,20). The zero-order chi connectivity index (χ0) is 15.4. The Bertz CT molecular complexity index is 706. The highest BCUT2D eigenvalue weighted by Gasteiger charge is 2.10. The topological polar surface area (TPSA) is 55.1 Å². The molecule has 0 atom stereocenters. The summed E-state index contributed by atoms with van der Waals surface area (Å²) in [5, 5.41) is 3.42. The van der Waals surface area contributed by atoms with Crippen LogP contribution in [0.4, 0.5) is 5.69 Å². The molecule has 0 saturated heterocycles. The molecule has 0 fully saturated rings. The molecule has 3 nitrogen and oxygen atoms in total. The van der Waals surface area contributed by atoms with Gasteiger partial charge in [-0.25, -0.2) is 0 Å². The molecular formula is C15H12BrClN2OS. The molecular weight excluding hydrogens is 372 g/mol. The summed E-state index contributed by atoms with van der Waals surface area (Å²) in [6.45, 7) is 0. The molecule has 1 amide bonds. The third-order valence-electron chi connectivity index (χ3n) is 2.77. The van der Waals surface area contributed by atoms with Gasteiger partial charge in [0.2, 0.25) is 5.91 Å². The van der Waals surface area contributed by atoms with Crippen LogP contribution in [0.5, 0.6) is 0 Å². The maximum atomic E-state index is 12.1. The Morgan fingerprint density at radius 2 is 2.05 bits per heavy atom. The Kier molecular flexibility index (Phi) is 5.33. The molecule has 0 unspecified atom stereocenters. The summed E-state index contributed by atoms with van der Waals surface area (Å²) >= 11 is 14.2. The van der Waals surface area contributed by atoms with E-state index >= 15 is 0 Å². The number of thiocarbonyl (C=S) groups is 1. The number of hydrogen-bond acceptors (Lipinski definition) is 2. The van der Waals surface area contributed by atoms with Gasteiger partial charge in [-0.15, -0.1) is 0 Å². The molecule has 2 aromatic rings. The van der Waals surface area contributed by atoms with Crippen molar-refractivity contribution in [3.63, 3.8) is 0 Å². The lowest BCUT2D eigenvalue weighted by Gasteiger charge is -2.11. The predicted molar refractivity (Wildman–Crippen MR) is 93.8 cm³/mol. The molecule has 0 radical (unpaired) electrons. The number of amides is 1. The van der Waals surface area contributed by atoms with Gasteiger partial charge < -0.3 is 11.1 Å². The van der Waals surface area contributed by atoms with Crippen LogP contribution in [-0.4, -0.2) is 10.9 Å². The third kappa shape index (κ3) is 4.52. The number of nitrogens with two attached hydrogens (primary N) is 1. The Labute approximate surface area is 141 Å². The van der Waals surface area contributed by atoms with E-state index in [0.29, 0.717) is 16.3 Å². The molecule has 2 aromatic carbocycles. The number of halogens is 2. The normalized spacial score (nSPS) is 10.2. The monoisotopic (exact) mass is 382 g/mol. The van der Waals surface area contributed by atoms with Crippen LogP contribution in [0.15, 0.2) is 46.9 Å². The lowest BCUT2D eigenvalue weighted by atomic mass is 10.1. The first kappa shape index (κ1) is 15.9. The van der Waals surface area contributed by atoms with Crippen molar-refractivity contribution < 1.29 is 4.79 Å². The van der Waals surface area contributed by atoms with Crippen molar-refractivity contribution in [1.82, 2.24) is 0 Å². The predicted octanol–water partition coefficient (Wildman–Crippen LogP) is 3.92. The number of carbonyl (C=O) groups is 1. The molecule has 6 heteroatoms. The van der Waals surface area contributed by atoms with Gasteiger partial charge in [-0.3, -0.25) is 4.79 Å². The van der Waals surface area contributed by atoms with Gasteiger partial charge in [0.1, 0.15) is 4.99 Å². The summed E-state index contributed by atoms with van der Waals surface area (Å²) in [4.78, 5) is 12.4. The van der Waals surface area contributed by atoms with E-state index in [0.717, 1.165) is 10.0 Å². The fraction of sp³-hybridized carbons (Fsp3) is 0.0667. The molecule has 0 heterocycles. The third-order valence-corrected chi connectivity index (χ3v) is 3.72. The van der Waals surface area contributed by atoms with Crippen LogP contribution in [0, 0.1) is 0 Å². The van der Waals surface area contributed by atoms with E-state index in [1.165, 1.54) is 0 Å². The van der Waals surface area contributed by atoms with Crippen molar-refractivity contribution in [3.05, 3.63) is 63.1 Å². The highest BCUT2D eigenvalue weighted by atomic mass is 79.9. The smallest absolute Gasteiger partial charge is 0.228 e. The van der Waals surface area contributed by atoms with Crippen molar-refractivity contribution in [3.8, 4) is 0 Å². The van der Waals surface area contributed by atoms with Crippen LogP contribution in [0.3, 0.4) is 0 Å². The van der Waals surface area contributed by atoms with E-state index < -0.39 is 0 Å². The van der Waals surface area contributed by atoms with Crippen LogP contribution in [0.1, 0.15) is 11.1 Å². The average molecular weight is 384 g/mol. The van der Waals surface area contributed by atoms with Crippen molar-refractivity contribution in [2.24, 2.45) is 5.73 Å². The zero-order valence-corrected chi connectivity index (χ0v) is 14.1. The van der Waals surface area contributed by atoms with E-state index in [2.05, 4.69) is 21.2 Å². The van der Waals surface area contributed by atoms with E-state index in [-0.39, 0.29) is 17.3 Å². The molecule has 21 heavy (non-hydrogen) atoms. The maximum Gasteiger partial charge on any atom is 0.228 e. The minimum atomic E-state index is -0.159. The summed E-state index contributed by atoms with van der Waals surface area (Å²) in [7, 11) is 0.